The average Bonchev–Trinajstić information content (AvgIpc) is 3.39. The minimum absolute atomic E-state index is 0.00860. The number of hydrogen-bond donors (Lipinski definition) is 2. The Hall–Kier alpha value is -3.39. The van der Waals surface area contributed by atoms with Gasteiger partial charge in [0, 0.05) is 38.0 Å². The van der Waals surface area contributed by atoms with Gasteiger partial charge >= 0.3 is 12.1 Å². The van der Waals surface area contributed by atoms with Crippen LogP contribution in [0.2, 0.25) is 0 Å². The number of methoxy groups -OCH3 is 1. The van der Waals surface area contributed by atoms with Crippen molar-refractivity contribution in [3.05, 3.63) is 59.7 Å². The molecule has 2 atom stereocenters. The number of ether oxygens (including phenoxy) is 2. The number of rotatable bonds is 6. The molecule has 1 saturated carbocycles. The van der Waals surface area contributed by atoms with Crippen LogP contribution in [-0.2, 0) is 19.1 Å². The number of benzene rings is 2. The van der Waals surface area contributed by atoms with E-state index in [2.05, 4.69) is 29.6 Å². The summed E-state index contributed by atoms with van der Waals surface area (Å²) in [6, 6.07) is 15.3. The summed E-state index contributed by atoms with van der Waals surface area (Å²) in [7, 11) is 1.52. The van der Waals surface area contributed by atoms with Crippen molar-refractivity contribution in [1.29, 1.82) is 0 Å². The smallest absolute Gasteiger partial charge is 0.407 e. The first-order valence-electron chi connectivity index (χ1n) is 11.6. The highest BCUT2D eigenvalue weighted by Gasteiger charge is 2.45. The van der Waals surface area contributed by atoms with E-state index >= 15 is 0 Å². The normalized spacial score (nSPS) is 25.3. The average molecular weight is 465 g/mol. The predicted octanol–water partition coefficient (Wildman–Crippen LogP) is 3.00. The van der Waals surface area contributed by atoms with Crippen LogP contribution in [0.1, 0.15) is 36.3 Å². The van der Waals surface area contributed by atoms with Crippen molar-refractivity contribution in [2.75, 3.05) is 20.3 Å². The number of carbonyl (C=O) groups excluding carboxylic acids is 2. The molecule has 2 aromatic carbocycles. The number of carboxylic acid groups (broad SMARTS) is 1. The predicted molar refractivity (Wildman–Crippen MR) is 123 cm³/mol. The molecular formula is C26H28N2O6. The van der Waals surface area contributed by atoms with Crippen LogP contribution < -0.4 is 5.32 Å². The molecule has 1 aliphatic heterocycles. The standard InChI is InChI=1S/C26H28N2O6/c1-33-17-12-23(25(30)31)28(13-17)24(29)15-10-16(11-15)27-26(32)34-14-22-20-8-4-2-6-18(20)19-7-3-5-9-21(19)22/h2-9,15-17,22-23H,10-14H2,1H3,(H,27,32)(H,30,31). The lowest BCUT2D eigenvalue weighted by atomic mass is 9.79. The van der Waals surface area contributed by atoms with E-state index < -0.39 is 18.1 Å². The van der Waals surface area contributed by atoms with Crippen LogP contribution in [-0.4, -0.2) is 66.4 Å². The monoisotopic (exact) mass is 464 g/mol. The third kappa shape index (κ3) is 4.03. The summed E-state index contributed by atoms with van der Waals surface area (Å²) in [6.45, 7) is 0.523. The third-order valence-corrected chi connectivity index (χ3v) is 7.32. The van der Waals surface area contributed by atoms with Gasteiger partial charge in [-0.15, -0.1) is 0 Å². The molecule has 2 aromatic rings. The number of nitrogens with one attached hydrogen (secondary N) is 1. The van der Waals surface area contributed by atoms with Gasteiger partial charge in [0.2, 0.25) is 5.91 Å². The number of hydrogen-bond acceptors (Lipinski definition) is 5. The highest BCUT2D eigenvalue weighted by molar-refractivity contribution is 5.86. The Morgan fingerprint density at radius 1 is 1.00 bits per heavy atom. The number of nitrogens with zero attached hydrogens (tertiary/aromatic N) is 1. The van der Waals surface area contributed by atoms with Gasteiger partial charge in [0.25, 0.3) is 0 Å². The molecule has 8 nitrogen and oxygen atoms in total. The van der Waals surface area contributed by atoms with Gasteiger partial charge in [-0.1, -0.05) is 48.5 Å². The first-order valence-corrected chi connectivity index (χ1v) is 11.6. The Morgan fingerprint density at radius 2 is 1.62 bits per heavy atom. The molecule has 1 saturated heterocycles. The summed E-state index contributed by atoms with van der Waals surface area (Å²) in [5.74, 6) is -1.50. The summed E-state index contributed by atoms with van der Waals surface area (Å²) >= 11 is 0. The second-order valence-corrected chi connectivity index (χ2v) is 9.27. The molecular weight excluding hydrogens is 436 g/mol. The maximum Gasteiger partial charge on any atom is 0.407 e. The van der Waals surface area contributed by atoms with Gasteiger partial charge in [0.15, 0.2) is 0 Å². The zero-order valence-electron chi connectivity index (χ0n) is 19.0. The van der Waals surface area contributed by atoms with E-state index in [-0.39, 0.29) is 43.0 Å². The van der Waals surface area contributed by atoms with Crippen molar-refractivity contribution in [2.45, 2.75) is 43.4 Å². The SMILES string of the molecule is COC1CC(C(=O)O)N(C(=O)C2CC(NC(=O)OCC3c4ccccc4-c4ccccc43)C2)C1. The van der Waals surface area contributed by atoms with Crippen LogP contribution in [0.15, 0.2) is 48.5 Å². The Morgan fingerprint density at radius 3 is 2.21 bits per heavy atom. The molecule has 0 bridgehead atoms. The summed E-state index contributed by atoms with van der Waals surface area (Å²) < 4.78 is 10.8. The molecule has 0 radical (unpaired) electrons. The van der Waals surface area contributed by atoms with E-state index in [1.54, 1.807) is 0 Å². The van der Waals surface area contributed by atoms with Crippen molar-refractivity contribution in [1.82, 2.24) is 10.2 Å². The largest absolute Gasteiger partial charge is 0.480 e. The molecule has 2 amide bonds. The van der Waals surface area contributed by atoms with E-state index in [0.29, 0.717) is 19.3 Å². The van der Waals surface area contributed by atoms with Crippen molar-refractivity contribution in [3.63, 3.8) is 0 Å². The van der Waals surface area contributed by atoms with E-state index in [1.807, 2.05) is 24.3 Å². The van der Waals surface area contributed by atoms with E-state index in [1.165, 1.54) is 23.1 Å². The maximum absolute atomic E-state index is 12.8. The van der Waals surface area contributed by atoms with E-state index in [9.17, 15) is 19.5 Å². The molecule has 3 aliphatic rings. The number of fused-ring (bicyclic) bond motifs is 3. The molecule has 8 heteroatoms. The number of aliphatic carboxylic acids is 1. The van der Waals surface area contributed by atoms with Gasteiger partial charge in [-0.05, 0) is 35.1 Å². The minimum atomic E-state index is -1.01. The fraction of sp³-hybridized carbons (Fsp3) is 0.423. The molecule has 0 aromatic heterocycles. The summed E-state index contributed by atoms with van der Waals surface area (Å²) in [5, 5.41) is 12.3. The lowest BCUT2D eigenvalue weighted by molar-refractivity contribution is -0.151. The van der Waals surface area contributed by atoms with Crippen molar-refractivity contribution in [3.8, 4) is 11.1 Å². The zero-order chi connectivity index (χ0) is 23.8. The number of alkyl carbamates (subject to hydrolysis) is 1. The Kier molecular flexibility index (Phi) is 6.00. The maximum atomic E-state index is 12.8. The lowest BCUT2D eigenvalue weighted by Crippen LogP contribution is -2.52. The van der Waals surface area contributed by atoms with Gasteiger partial charge in [-0.3, -0.25) is 4.79 Å². The number of carboxylic acids is 1. The molecule has 0 spiro atoms. The van der Waals surface area contributed by atoms with E-state index in [4.69, 9.17) is 9.47 Å². The van der Waals surface area contributed by atoms with Crippen LogP contribution in [0.4, 0.5) is 4.79 Å². The summed E-state index contributed by atoms with van der Waals surface area (Å²) in [6.07, 6.45) is 0.486. The van der Waals surface area contributed by atoms with Crippen LogP contribution in [0, 0.1) is 5.92 Å². The van der Waals surface area contributed by atoms with Gasteiger partial charge in [-0.2, -0.15) is 0 Å². The Labute approximate surface area is 197 Å². The molecule has 2 unspecified atom stereocenters. The van der Waals surface area contributed by atoms with Gasteiger partial charge < -0.3 is 24.8 Å². The molecule has 2 aliphatic carbocycles. The highest BCUT2D eigenvalue weighted by Crippen LogP contribution is 2.44. The summed E-state index contributed by atoms with van der Waals surface area (Å²) in [4.78, 5) is 38.2. The quantitative estimate of drug-likeness (QED) is 0.681. The highest BCUT2D eigenvalue weighted by atomic mass is 16.5. The minimum Gasteiger partial charge on any atom is -0.480 e. The molecule has 34 heavy (non-hydrogen) atoms. The Balaban J connectivity index is 1.13. The third-order valence-electron chi connectivity index (χ3n) is 7.32. The van der Waals surface area contributed by atoms with Crippen molar-refractivity contribution in [2.24, 2.45) is 5.92 Å². The van der Waals surface area contributed by atoms with E-state index in [0.717, 1.165) is 11.1 Å². The van der Waals surface area contributed by atoms with Gasteiger partial charge in [0.1, 0.15) is 12.6 Å². The van der Waals surface area contributed by atoms with Crippen LogP contribution in [0.25, 0.3) is 11.1 Å². The number of amides is 2. The van der Waals surface area contributed by atoms with Gasteiger partial charge in [0.05, 0.1) is 6.10 Å². The Bertz CT molecular complexity index is 1070. The van der Waals surface area contributed by atoms with Crippen LogP contribution in [0.3, 0.4) is 0 Å². The van der Waals surface area contributed by atoms with Crippen molar-refractivity contribution >= 4 is 18.0 Å². The number of carbonyl (C=O) groups is 3. The fourth-order valence-electron chi connectivity index (χ4n) is 5.42. The second kappa shape index (κ2) is 9.10. The van der Waals surface area contributed by atoms with Crippen molar-refractivity contribution < 1.29 is 29.0 Å². The lowest BCUT2D eigenvalue weighted by Gasteiger charge is -2.37. The molecule has 1 heterocycles. The van der Waals surface area contributed by atoms with Crippen LogP contribution >= 0.6 is 0 Å². The molecule has 2 N–H and O–H groups in total. The molecule has 178 valence electrons. The molecule has 5 rings (SSSR count). The summed E-state index contributed by atoms with van der Waals surface area (Å²) in [5.41, 5.74) is 4.65. The fourth-order valence-corrected chi connectivity index (χ4v) is 5.42. The topological polar surface area (TPSA) is 105 Å². The number of likely N-dealkylation sites (tertiary alicyclic amines) is 1. The van der Waals surface area contributed by atoms with Crippen LogP contribution in [0.5, 0.6) is 0 Å². The second-order valence-electron chi connectivity index (χ2n) is 9.27. The first-order chi connectivity index (χ1) is 16.5. The molecule has 2 fully saturated rings. The zero-order valence-corrected chi connectivity index (χ0v) is 19.0. The first kappa shape index (κ1) is 22.4. The van der Waals surface area contributed by atoms with Gasteiger partial charge in [-0.25, -0.2) is 9.59 Å².